The molecule has 0 amide bonds. The molecule has 0 saturated heterocycles. The largest absolute Gasteiger partial charge is 0.264 e. The van der Waals surface area contributed by atoms with Gasteiger partial charge < -0.3 is 0 Å². The van der Waals surface area contributed by atoms with Crippen LogP contribution in [0.25, 0.3) is 109 Å². The van der Waals surface area contributed by atoms with E-state index in [4.69, 9.17) is 0 Å². The Morgan fingerprint density at radius 1 is 0.481 bits per heavy atom. The first-order valence-electron chi connectivity index (χ1n) is 18.4. The van der Waals surface area contributed by atoms with Gasteiger partial charge in [-0.25, -0.2) is 0 Å². The average Bonchev–Trinajstić information content (AvgIpc) is 3.61. The highest BCUT2D eigenvalue weighted by Crippen LogP contribution is 2.49. The molecule has 0 bridgehead atoms. The second kappa shape index (κ2) is 13.1. The highest BCUT2D eigenvalue weighted by Gasteiger charge is 2.22. The van der Waals surface area contributed by atoms with Gasteiger partial charge in [0.2, 0.25) is 0 Å². The van der Waals surface area contributed by atoms with E-state index in [1.54, 1.807) is 0 Å². The minimum atomic E-state index is 1.09. The van der Waals surface area contributed by atoms with Crippen molar-refractivity contribution in [3.63, 3.8) is 0 Å². The van der Waals surface area contributed by atoms with Crippen LogP contribution >= 0.6 is 11.3 Å². The zero-order chi connectivity index (χ0) is 36.2. The summed E-state index contributed by atoms with van der Waals surface area (Å²) in [7, 11) is 0. The second-order valence-corrected chi connectivity index (χ2v) is 14.8. The molecule has 54 heavy (non-hydrogen) atoms. The van der Waals surface area contributed by atoms with Crippen LogP contribution in [0, 0.1) is 0 Å². The monoisotopic (exact) mass is 705 g/mol. The first-order valence-corrected chi connectivity index (χ1v) is 19.3. The summed E-state index contributed by atoms with van der Waals surface area (Å²) >= 11 is 1.88. The Morgan fingerprint density at radius 3 is 1.67 bits per heavy atom. The van der Waals surface area contributed by atoms with Gasteiger partial charge >= 0.3 is 0 Å². The fourth-order valence-corrected chi connectivity index (χ4v) is 9.85. The molecule has 0 aliphatic heterocycles. The quantitative estimate of drug-likeness (QED) is 0.157. The number of hydrogen-bond acceptors (Lipinski definition) is 2. The highest BCUT2D eigenvalue weighted by molar-refractivity contribution is 7.26. The Balaban J connectivity index is 1.25. The van der Waals surface area contributed by atoms with E-state index in [2.05, 4.69) is 176 Å². The Kier molecular flexibility index (Phi) is 7.79. The van der Waals surface area contributed by atoms with Crippen LogP contribution in [0.4, 0.5) is 0 Å². The van der Waals surface area contributed by atoms with Gasteiger partial charge in [0.25, 0.3) is 0 Å². The summed E-state index contributed by atoms with van der Waals surface area (Å²) in [5.41, 5.74) is 12.1. The summed E-state index contributed by atoms with van der Waals surface area (Å²) in [5, 5.41) is 10.0. The van der Waals surface area contributed by atoms with E-state index in [0.29, 0.717) is 0 Å². The molecule has 0 atom stereocenters. The van der Waals surface area contributed by atoms with Crippen molar-refractivity contribution < 1.29 is 0 Å². The number of fused-ring (bicyclic) bond motifs is 6. The summed E-state index contributed by atoms with van der Waals surface area (Å²) < 4.78 is 2.57. The van der Waals surface area contributed by atoms with Gasteiger partial charge in [0.05, 0.1) is 0 Å². The molecular weight excluding hydrogens is 671 g/mol. The predicted molar refractivity (Wildman–Crippen MR) is 236 cm³/mol. The molecule has 0 saturated carbocycles. The van der Waals surface area contributed by atoms with Gasteiger partial charge in [0.1, 0.15) is 0 Å². The number of hydrogen-bond donors (Lipinski definition) is 0. The molecule has 0 aliphatic rings. The van der Waals surface area contributed by atoms with E-state index in [9.17, 15) is 0 Å². The lowest BCUT2D eigenvalue weighted by atomic mass is 9.83. The zero-order valence-electron chi connectivity index (χ0n) is 29.9. The Bertz CT molecular complexity index is 3060. The third-order valence-corrected chi connectivity index (χ3v) is 12.1. The van der Waals surface area contributed by atoms with Gasteiger partial charge in [-0.15, -0.1) is 11.3 Å². The summed E-state index contributed by atoms with van der Waals surface area (Å²) in [6.07, 6.45) is 10.2. The number of allylic oxidation sites excluding steroid dienone is 1. The molecule has 0 radical (unpaired) electrons. The van der Waals surface area contributed by atoms with Gasteiger partial charge in [0, 0.05) is 43.7 Å². The van der Waals surface area contributed by atoms with Crippen LogP contribution < -0.4 is 0 Å². The summed E-state index contributed by atoms with van der Waals surface area (Å²) in [6.45, 7) is 6.45. The van der Waals surface area contributed by atoms with Gasteiger partial charge in [-0.2, -0.15) is 0 Å². The van der Waals surface area contributed by atoms with E-state index in [1.165, 1.54) is 91.4 Å². The molecule has 8 aromatic carbocycles. The first-order chi connectivity index (χ1) is 26.7. The summed E-state index contributed by atoms with van der Waals surface area (Å²) in [4.78, 5) is 4.49. The average molecular weight is 706 g/mol. The molecule has 2 heteroatoms. The van der Waals surface area contributed by atoms with Crippen LogP contribution in [0.15, 0.2) is 177 Å². The number of aromatic nitrogens is 1. The lowest BCUT2D eigenvalue weighted by Crippen LogP contribution is -1.96. The standard InChI is InChI=1S/C52H35NS/c1-3-16-37-36(4-2)50(35-19-15-30-53-32-35)42-24-12-13-25-43(42)51(37)45-27-14-26-44-46-31-34(28-29-47(46)54-52(44)45)49-40-22-10-8-20-38(40)48(33-17-6-5-7-18-33)39-21-9-11-23-41(39)49/h3-32H,2H2,1H3/b16-3-. The maximum Gasteiger partial charge on any atom is 0.0434 e. The molecule has 2 aromatic heterocycles. The summed E-state index contributed by atoms with van der Waals surface area (Å²) in [5.74, 6) is 0. The van der Waals surface area contributed by atoms with Crippen LogP contribution in [0.1, 0.15) is 18.1 Å². The minimum absolute atomic E-state index is 1.09. The molecule has 2 heterocycles. The van der Waals surface area contributed by atoms with Crippen LogP contribution in [0.3, 0.4) is 0 Å². The normalized spacial score (nSPS) is 11.8. The fourth-order valence-electron chi connectivity index (χ4n) is 8.65. The van der Waals surface area contributed by atoms with Gasteiger partial charge in [-0.3, -0.25) is 4.98 Å². The SMILES string of the molecule is C=Cc1c(/C=C\C)c(-c2cccc3c2sc2ccc(-c4c5ccccc5c(-c5ccccc5)c5ccccc45)cc23)c2ccccc2c1-c1cccnc1. The fraction of sp³-hybridized carbons (Fsp3) is 0.0192. The maximum atomic E-state index is 4.49. The van der Waals surface area contributed by atoms with E-state index in [0.717, 1.165) is 16.7 Å². The van der Waals surface area contributed by atoms with Crippen molar-refractivity contribution in [1.29, 1.82) is 0 Å². The van der Waals surface area contributed by atoms with Crippen molar-refractivity contribution in [2.24, 2.45) is 0 Å². The van der Waals surface area contributed by atoms with Crippen LogP contribution in [0.2, 0.25) is 0 Å². The van der Waals surface area contributed by atoms with Crippen molar-refractivity contribution in [3.05, 3.63) is 188 Å². The van der Waals surface area contributed by atoms with Gasteiger partial charge in [-0.05, 0) is 102 Å². The Hall–Kier alpha value is -6.61. The van der Waals surface area contributed by atoms with Crippen LogP contribution in [-0.4, -0.2) is 4.98 Å². The molecule has 10 aromatic rings. The molecule has 1 nitrogen and oxygen atoms in total. The first kappa shape index (κ1) is 32.1. The van der Waals surface area contributed by atoms with Gasteiger partial charge in [-0.1, -0.05) is 158 Å². The lowest BCUT2D eigenvalue weighted by molar-refractivity contribution is 1.33. The smallest absolute Gasteiger partial charge is 0.0434 e. The van der Waals surface area contributed by atoms with Crippen molar-refractivity contribution in [1.82, 2.24) is 4.98 Å². The molecular formula is C52H35NS. The Morgan fingerprint density at radius 2 is 1.06 bits per heavy atom. The maximum absolute atomic E-state index is 4.49. The third kappa shape index (κ3) is 4.95. The van der Waals surface area contributed by atoms with Crippen molar-refractivity contribution in [3.8, 4) is 44.5 Å². The number of thiophene rings is 1. The van der Waals surface area contributed by atoms with E-state index in [-0.39, 0.29) is 0 Å². The number of nitrogens with zero attached hydrogens (tertiary/aromatic N) is 1. The highest BCUT2D eigenvalue weighted by atomic mass is 32.1. The second-order valence-electron chi connectivity index (χ2n) is 13.8. The van der Waals surface area contributed by atoms with E-state index < -0.39 is 0 Å². The van der Waals surface area contributed by atoms with Gasteiger partial charge in [0.15, 0.2) is 0 Å². The molecule has 0 fully saturated rings. The van der Waals surface area contributed by atoms with E-state index in [1.807, 2.05) is 35.9 Å². The predicted octanol–water partition coefficient (Wildman–Crippen LogP) is 15.3. The topological polar surface area (TPSA) is 12.9 Å². The number of rotatable bonds is 6. The van der Waals surface area contributed by atoms with Crippen molar-refractivity contribution in [2.75, 3.05) is 0 Å². The van der Waals surface area contributed by atoms with Crippen molar-refractivity contribution >= 4 is 76.0 Å². The third-order valence-electron chi connectivity index (χ3n) is 10.8. The molecule has 0 unspecified atom stereocenters. The number of pyridine rings is 1. The molecule has 10 rings (SSSR count). The van der Waals surface area contributed by atoms with Crippen molar-refractivity contribution in [2.45, 2.75) is 6.92 Å². The molecule has 0 N–H and O–H groups in total. The molecule has 0 aliphatic carbocycles. The molecule has 0 spiro atoms. The number of benzene rings is 8. The van der Waals surface area contributed by atoms with Crippen LogP contribution in [0.5, 0.6) is 0 Å². The van der Waals surface area contributed by atoms with Crippen LogP contribution in [-0.2, 0) is 0 Å². The van der Waals surface area contributed by atoms with E-state index >= 15 is 0 Å². The lowest BCUT2D eigenvalue weighted by Gasteiger charge is -2.20. The zero-order valence-corrected chi connectivity index (χ0v) is 30.7. The minimum Gasteiger partial charge on any atom is -0.264 e. The summed E-state index contributed by atoms with van der Waals surface area (Å²) in [6, 6.07) is 55.5. The molecule has 254 valence electrons. The Labute approximate surface area is 318 Å².